The number of carbonyl (C=O) groups is 1. The molecule has 0 aromatic rings. The monoisotopic (exact) mass is 131 g/mol. The van der Waals surface area contributed by atoms with Crippen LogP contribution in [-0.4, -0.2) is 23.5 Å². The molecule has 0 spiro atoms. The van der Waals surface area contributed by atoms with Gasteiger partial charge in [-0.25, -0.2) is 5.01 Å². The molecule has 54 valence electrons. The molecular weight excluding hydrogens is 118 g/mol. The van der Waals surface area contributed by atoms with Gasteiger partial charge in [0, 0.05) is 7.05 Å². The molecule has 4 nitrogen and oxygen atoms in total. The van der Waals surface area contributed by atoms with Crippen LogP contribution in [0.15, 0.2) is 0 Å². The fraction of sp³-hybridized carbons (Fsp3) is 0.800. The lowest BCUT2D eigenvalue weighted by molar-refractivity contribution is -0.127. The van der Waals surface area contributed by atoms with E-state index >= 15 is 0 Å². The Kier molecular flexibility index (Phi) is 2.17. The Balaban J connectivity index is 4.19. The number of hydrogen-bond donors (Lipinski definition) is 2. The molecule has 0 bridgehead atoms. The normalized spacial score (nSPS) is 12.1. The van der Waals surface area contributed by atoms with Crippen molar-refractivity contribution < 1.29 is 4.79 Å². The molecule has 0 fully saturated rings. The average molecular weight is 131 g/mol. The number of likely N-dealkylation sites (N-methyl/N-ethyl adjacent to an activating group) is 1. The molecule has 0 aliphatic heterocycles. The molecule has 0 rings (SSSR count). The summed E-state index contributed by atoms with van der Waals surface area (Å²) in [5.74, 6) is 4.88. The number of nitrogens with two attached hydrogens (primary N) is 2. The van der Waals surface area contributed by atoms with E-state index in [-0.39, 0.29) is 0 Å². The van der Waals surface area contributed by atoms with Crippen LogP contribution in [0.4, 0.5) is 0 Å². The summed E-state index contributed by atoms with van der Waals surface area (Å²) in [4.78, 5) is 10.6. The summed E-state index contributed by atoms with van der Waals surface area (Å²) in [6.45, 7) is 3.32. The van der Waals surface area contributed by atoms with Crippen LogP contribution in [-0.2, 0) is 4.79 Å². The van der Waals surface area contributed by atoms with Gasteiger partial charge >= 0.3 is 0 Å². The molecule has 0 heterocycles. The number of rotatable bonds is 2. The summed E-state index contributed by atoms with van der Waals surface area (Å²) in [6.07, 6.45) is 0. The summed E-state index contributed by atoms with van der Waals surface area (Å²) in [5.41, 5.74) is 4.26. The van der Waals surface area contributed by atoms with Gasteiger partial charge in [-0.3, -0.25) is 10.6 Å². The highest BCUT2D eigenvalue weighted by molar-refractivity contribution is 5.83. The number of hydrogen-bond acceptors (Lipinski definition) is 3. The van der Waals surface area contributed by atoms with Crippen LogP contribution < -0.4 is 11.6 Å². The molecule has 0 saturated heterocycles. The zero-order valence-corrected chi connectivity index (χ0v) is 6.01. The van der Waals surface area contributed by atoms with Gasteiger partial charge in [0.15, 0.2) is 0 Å². The third kappa shape index (κ3) is 1.65. The van der Waals surface area contributed by atoms with Gasteiger partial charge in [-0.2, -0.15) is 0 Å². The van der Waals surface area contributed by atoms with E-state index in [1.54, 1.807) is 20.9 Å². The average Bonchev–Trinajstić information content (AvgIpc) is 1.65. The lowest BCUT2D eigenvalue weighted by atomic mass is 10.1. The van der Waals surface area contributed by atoms with Crippen molar-refractivity contribution in [3.05, 3.63) is 0 Å². The highest BCUT2D eigenvalue weighted by Crippen LogP contribution is 2.05. The zero-order chi connectivity index (χ0) is 7.65. The smallest absolute Gasteiger partial charge is 0.238 e. The minimum absolute atomic E-state index is 0.424. The van der Waals surface area contributed by atoms with Crippen LogP contribution >= 0.6 is 0 Å². The van der Waals surface area contributed by atoms with Crippen molar-refractivity contribution in [1.82, 2.24) is 5.01 Å². The van der Waals surface area contributed by atoms with E-state index in [4.69, 9.17) is 11.6 Å². The third-order valence-corrected chi connectivity index (χ3v) is 1.48. The molecule has 0 unspecified atom stereocenters. The lowest BCUT2D eigenvalue weighted by Gasteiger charge is -2.27. The van der Waals surface area contributed by atoms with Crippen molar-refractivity contribution >= 4 is 5.91 Å². The van der Waals surface area contributed by atoms with E-state index in [0.717, 1.165) is 0 Å². The minimum atomic E-state index is -0.750. The maximum absolute atomic E-state index is 10.6. The fourth-order valence-electron chi connectivity index (χ4n) is 0.174. The molecule has 1 amide bonds. The van der Waals surface area contributed by atoms with Gasteiger partial charge in [0.1, 0.15) is 5.54 Å². The highest BCUT2D eigenvalue weighted by Gasteiger charge is 2.27. The Labute approximate surface area is 54.8 Å². The summed E-state index contributed by atoms with van der Waals surface area (Å²) in [7, 11) is 1.60. The topological polar surface area (TPSA) is 72.3 Å². The first-order chi connectivity index (χ1) is 3.89. The number of primary amides is 1. The molecular formula is C5H13N3O. The fourth-order valence-corrected chi connectivity index (χ4v) is 0.174. The molecule has 9 heavy (non-hydrogen) atoms. The Morgan fingerprint density at radius 3 is 1.89 bits per heavy atom. The predicted octanol–water partition coefficient (Wildman–Crippen LogP) is -0.944. The van der Waals surface area contributed by atoms with Crippen LogP contribution in [0.2, 0.25) is 0 Å². The van der Waals surface area contributed by atoms with Crippen LogP contribution in [0.3, 0.4) is 0 Å². The van der Waals surface area contributed by atoms with E-state index in [2.05, 4.69) is 0 Å². The van der Waals surface area contributed by atoms with Crippen molar-refractivity contribution in [2.24, 2.45) is 11.6 Å². The van der Waals surface area contributed by atoms with Gasteiger partial charge < -0.3 is 5.73 Å². The number of hydrazine groups is 1. The van der Waals surface area contributed by atoms with Gasteiger partial charge in [0.05, 0.1) is 0 Å². The van der Waals surface area contributed by atoms with Crippen LogP contribution in [0, 0.1) is 0 Å². The first-order valence-corrected chi connectivity index (χ1v) is 2.67. The molecule has 4 heteroatoms. The quantitative estimate of drug-likeness (QED) is 0.375. The molecule has 0 aromatic heterocycles. The van der Waals surface area contributed by atoms with E-state index in [1.807, 2.05) is 0 Å². The molecule has 0 aromatic carbocycles. The Bertz CT molecular complexity index is 119. The second-order valence-electron chi connectivity index (χ2n) is 2.53. The summed E-state index contributed by atoms with van der Waals surface area (Å²) in [5, 5.41) is 1.29. The molecule has 0 radical (unpaired) electrons. The molecule has 0 atom stereocenters. The van der Waals surface area contributed by atoms with E-state index < -0.39 is 11.4 Å². The Hall–Kier alpha value is -0.610. The van der Waals surface area contributed by atoms with Crippen LogP contribution in [0.1, 0.15) is 13.8 Å². The third-order valence-electron chi connectivity index (χ3n) is 1.48. The molecule has 0 aliphatic rings. The Morgan fingerprint density at radius 2 is 1.89 bits per heavy atom. The maximum atomic E-state index is 10.6. The summed E-state index contributed by atoms with van der Waals surface area (Å²) < 4.78 is 0. The first kappa shape index (κ1) is 8.39. The number of nitrogens with zero attached hydrogens (tertiary/aromatic N) is 1. The van der Waals surface area contributed by atoms with Crippen molar-refractivity contribution in [3.8, 4) is 0 Å². The zero-order valence-electron chi connectivity index (χ0n) is 6.01. The molecule has 0 saturated carbocycles. The van der Waals surface area contributed by atoms with Gasteiger partial charge in [0.25, 0.3) is 0 Å². The minimum Gasteiger partial charge on any atom is -0.368 e. The summed E-state index contributed by atoms with van der Waals surface area (Å²) >= 11 is 0. The summed E-state index contributed by atoms with van der Waals surface area (Å²) in [6, 6.07) is 0. The van der Waals surface area contributed by atoms with Gasteiger partial charge in [-0.05, 0) is 13.8 Å². The van der Waals surface area contributed by atoms with Crippen molar-refractivity contribution in [2.75, 3.05) is 7.05 Å². The van der Waals surface area contributed by atoms with E-state index in [0.29, 0.717) is 0 Å². The SMILES string of the molecule is CN(N)C(C)(C)C(N)=O. The number of amides is 1. The van der Waals surface area contributed by atoms with Crippen molar-refractivity contribution in [3.63, 3.8) is 0 Å². The standard InChI is InChI=1S/C5H13N3O/c1-5(2,4(6)9)8(3)7/h7H2,1-3H3,(H2,6,9). The van der Waals surface area contributed by atoms with Crippen molar-refractivity contribution in [1.29, 1.82) is 0 Å². The maximum Gasteiger partial charge on any atom is 0.238 e. The highest BCUT2D eigenvalue weighted by atomic mass is 16.1. The molecule has 0 aliphatic carbocycles. The molecule has 4 N–H and O–H groups in total. The van der Waals surface area contributed by atoms with Crippen LogP contribution in [0.25, 0.3) is 0 Å². The predicted molar refractivity (Wildman–Crippen MR) is 35.2 cm³/mol. The number of carbonyl (C=O) groups excluding carboxylic acids is 1. The van der Waals surface area contributed by atoms with Crippen molar-refractivity contribution in [2.45, 2.75) is 19.4 Å². The van der Waals surface area contributed by atoms with Gasteiger partial charge in [0.2, 0.25) is 5.91 Å². The van der Waals surface area contributed by atoms with Crippen LogP contribution in [0.5, 0.6) is 0 Å². The largest absolute Gasteiger partial charge is 0.368 e. The Morgan fingerprint density at radius 1 is 1.56 bits per heavy atom. The lowest BCUT2D eigenvalue weighted by Crippen LogP contribution is -2.54. The first-order valence-electron chi connectivity index (χ1n) is 2.67. The van der Waals surface area contributed by atoms with E-state index in [1.165, 1.54) is 5.01 Å². The van der Waals surface area contributed by atoms with Gasteiger partial charge in [-0.15, -0.1) is 0 Å². The van der Waals surface area contributed by atoms with E-state index in [9.17, 15) is 4.79 Å². The second kappa shape index (κ2) is 2.33. The second-order valence-corrected chi connectivity index (χ2v) is 2.53. The van der Waals surface area contributed by atoms with Gasteiger partial charge in [-0.1, -0.05) is 0 Å².